The molecule has 2 aromatic carbocycles. The number of aryl methyl sites for hydroxylation is 1. The number of piperazine rings is 1. The lowest BCUT2D eigenvalue weighted by Gasteiger charge is -2.37. The number of aromatic nitrogens is 3. The lowest BCUT2D eigenvalue weighted by Crippen LogP contribution is -2.48. The monoisotopic (exact) mass is 481 g/mol. The molecule has 1 fully saturated rings. The summed E-state index contributed by atoms with van der Waals surface area (Å²) in [4.78, 5) is 20.2. The van der Waals surface area contributed by atoms with Gasteiger partial charge in [0.2, 0.25) is 0 Å². The van der Waals surface area contributed by atoms with Gasteiger partial charge >= 0.3 is 6.18 Å². The van der Waals surface area contributed by atoms with Gasteiger partial charge in [0, 0.05) is 30.9 Å². The van der Waals surface area contributed by atoms with Crippen molar-refractivity contribution < 1.29 is 23.1 Å². The van der Waals surface area contributed by atoms with Crippen LogP contribution in [0.1, 0.15) is 33.2 Å². The Morgan fingerprint density at radius 1 is 1.11 bits per heavy atom. The maximum absolute atomic E-state index is 13.9. The number of amides is 1. The minimum Gasteiger partial charge on any atom is -0.508 e. The van der Waals surface area contributed by atoms with E-state index in [1.165, 1.54) is 24.3 Å². The van der Waals surface area contributed by atoms with Crippen LogP contribution in [-0.2, 0) is 6.18 Å². The highest BCUT2D eigenvalue weighted by molar-refractivity contribution is 6.07. The Kier molecular flexibility index (Phi) is 5.68. The smallest absolute Gasteiger partial charge is 0.416 e. The standard InChI is InChI=1S/C25H22F3N5O2/c1-14-22-19(12-20(30-23(22)32-31-14)15-4-8-18(34)9-5-15)24(35)33-11-10-29-13-21(33)16-2-6-17(7-3-16)25(26,27)28/h2-9,12,21,29,34H,10-11,13H2,1H3,(H,30,31,32). The van der Waals surface area contributed by atoms with Crippen LogP contribution in [0.25, 0.3) is 22.3 Å². The molecule has 1 unspecified atom stereocenters. The number of H-pyrrole nitrogens is 1. The quantitative estimate of drug-likeness (QED) is 0.402. The predicted octanol–water partition coefficient (Wildman–Crippen LogP) is 4.44. The van der Waals surface area contributed by atoms with Crippen molar-refractivity contribution in [2.24, 2.45) is 0 Å². The molecule has 2 aromatic heterocycles. The number of benzene rings is 2. The van der Waals surface area contributed by atoms with Crippen LogP contribution in [0, 0.1) is 6.92 Å². The van der Waals surface area contributed by atoms with Crippen molar-refractivity contribution in [2.75, 3.05) is 19.6 Å². The maximum atomic E-state index is 13.9. The van der Waals surface area contributed by atoms with E-state index in [4.69, 9.17) is 0 Å². The van der Waals surface area contributed by atoms with Crippen LogP contribution in [-0.4, -0.2) is 50.7 Å². The molecule has 1 aliphatic heterocycles. The van der Waals surface area contributed by atoms with Gasteiger partial charge in [0.25, 0.3) is 5.91 Å². The SMILES string of the molecule is Cc1[nH]nc2nc(-c3ccc(O)cc3)cc(C(=O)N3CCNCC3c3ccc(C(F)(F)F)cc3)c12. The van der Waals surface area contributed by atoms with E-state index in [1.807, 2.05) is 0 Å². The van der Waals surface area contributed by atoms with E-state index in [0.717, 1.165) is 12.1 Å². The molecule has 1 saturated heterocycles. The van der Waals surface area contributed by atoms with Gasteiger partial charge in [-0.3, -0.25) is 9.89 Å². The Balaban J connectivity index is 1.56. The summed E-state index contributed by atoms with van der Waals surface area (Å²) in [6, 6.07) is 12.7. The second-order valence-corrected chi connectivity index (χ2v) is 8.49. The van der Waals surface area contributed by atoms with E-state index >= 15 is 0 Å². The molecule has 180 valence electrons. The molecule has 3 N–H and O–H groups in total. The maximum Gasteiger partial charge on any atom is 0.416 e. The zero-order chi connectivity index (χ0) is 24.7. The predicted molar refractivity (Wildman–Crippen MR) is 124 cm³/mol. The first-order chi connectivity index (χ1) is 16.7. The number of carbonyl (C=O) groups excluding carboxylic acids is 1. The number of rotatable bonds is 3. The van der Waals surface area contributed by atoms with Crippen LogP contribution in [0.4, 0.5) is 13.2 Å². The number of carbonyl (C=O) groups is 1. The summed E-state index contributed by atoms with van der Waals surface area (Å²) in [5.74, 6) is -0.143. The van der Waals surface area contributed by atoms with E-state index in [-0.39, 0.29) is 11.7 Å². The third-order valence-corrected chi connectivity index (χ3v) is 6.23. The molecule has 1 aliphatic rings. The fourth-order valence-corrected chi connectivity index (χ4v) is 4.42. The molecule has 0 saturated carbocycles. The minimum atomic E-state index is -4.43. The fraction of sp³-hybridized carbons (Fsp3) is 0.240. The molecule has 0 aliphatic carbocycles. The van der Waals surface area contributed by atoms with Crippen LogP contribution in [0.2, 0.25) is 0 Å². The summed E-state index contributed by atoms with van der Waals surface area (Å²) in [7, 11) is 0. The van der Waals surface area contributed by atoms with Gasteiger partial charge in [-0.15, -0.1) is 0 Å². The summed E-state index contributed by atoms with van der Waals surface area (Å²) in [5, 5.41) is 20.6. The first-order valence-corrected chi connectivity index (χ1v) is 11.1. The highest BCUT2D eigenvalue weighted by atomic mass is 19.4. The van der Waals surface area contributed by atoms with Gasteiger partial charge in [0.1, 0.15) is 5.75 Å². The van der Waals surface area contributed by atoms with E-state index < -0.39 is 17.8 Å². The molecule has 3 heterocycles. The number of nitrogens with one attached hydrogen (secondary N) is 2. The highest BCUT2D eigenvalue weighted by Gasteiger charge is 2.33. The summed E-state index contributed by atoms with van der Waals surface area (Å²) >= 11 is 0. The Morgan fingerprint density at radius 3 is 2.51 bits per heavy atom. The van der Waals surface area contributed by atoms with E-state index in [1.54, 1.807) is 30.0 Å². The number of aromatic hydroxyl groups is 1. The zero-order valence-electron chi connectivity index (χ0n) is 18.7. The van der Waals surface area contributed by atoms with Gasteiger partial charge in [-0.2, -0.15) is 18.3 Å². The first kappa shape index (κ1) is 22.9. The summed E-state index contributed by atoms with van der Waals surface area (Å²) < 4.78 is 39.1. The van der Waals surface area contributed by atoms with Gasteiger partial charge in [0.05, 0.1) is 28.2 Å². The second kappa shape index (κ2) is 8.70. The van der Waals surface area contributed by atoms with Gasteiger partial charge < -0.3 is 15.3 Å². The summed E-state index contributed by atoms with van der Waals surface area (Å²) in [5.41, 5.74) is 2.60. The van der Waals surface area contributed by atoms with Gasteiger partial charge in [-0.05, 0) is 55.0 Å². The topological polar surface area (TPSA) is 94.1 Å². The number of aromatic amines is 1. The average molecular weight is 481 g/mol. The lowest BCUT2D eigenvalue weighted by molar-refractivity contribution is -0.137. The molecule has 35 heavy (non-hydrogen) atoms. The van der Waals surface area contributed by atoms with Crippen molar-refractivity contribution in [1.82, 2.24) is 25.4 Å². The number of pyridine rings is 1. The normalized spacial score (nSPS) is 16.6. The van der Waals surface area contributed by atoms with Gasteiger partial charge in [-0.1, -0.05) is 12.1 Å². The van der Waals surface area contributed by atoms with Crippen LogP contribution in [0.3, 0.4) is 0 Å². The van der Waals surface area contributed by atoms with Gasteiger partial charge in [0.15, 0.2) is 5.65 Å². The fourth-order valence-electron chi connectivity index (χ4n) is 4.42. The molecule has 1 amide bonds. The van der Waals surface area contributed by atoms with Crippen molar-refractivity contribution in [3.8, 4) is 17.0 Å². The first-order valence-electron chi connectivity index (χ1n) is 11.1. The number of halogens is 3. The number of hydrogen-bond acceptors (Lipinski definition) is 5. The molecule has 0 radical (unpaired) electrons. The average Bonchev–Trinajstić information content (AvgIpc) is 3.23. The highest BCUT2D eigenvalue weighted by Crippen LogP contribution is 2.33. The molecule has 0 spiro atoms. The molecule has 4 aromatic rings. The number of hydrogen-bond donors (Lipinski definition) is 3. The van der Waals surface area contributed by atoms with Crippen molar-refractivity contribution in [3.05, 3.63) is 77.0 Å². The van der Waals surface area contributed by atoms with Crippen LogP contribution in [0.5, 0.6) is 5.75 Å². The Hall–Kier alpha value is -3.92. The molecular formula is C25H22F3N5O2. The molecule has 7 nitrogen and oxygen atoms in total. The second-order valence-electron chi connectivity index (χ2n) is 8.49. The van der Waals surface area contributed by atoms with Crippen LogP contribution in [0.15, 0.2) is 54.6 Å². The number of phenolic OH excluding ortho intramolecular Hbond substituents is 1. The van der Waals surface area contributed by atoms with Crippen molar-refractivity contribution in [3.63, 3.8) is 0 Å². The number of fused-ring (bicyclic) bond motifs is 1. The van der Waals surface area contributed by atoms with E-state index in [2.05, 4.69) is 20.5 Å². The minimum absolute atomic E-state index is 0.113. The summed E-state index contributed by atoms with van der Waals surface area (Å²) in [6.45, 7) is 3.17. The van der Waals surface area contributed by atoms with Crippen molar-refractivity contribution in [1.29, 1.82) is 0 Å². The number of phenols is 1. The molecule has 5 rings (SSSR count). The Labute approximate surface area is 198 Å². The van der Waals surface area contributed by atoms with Gasteiger partial charge in [-0.25, -0.2) is 4.98 Å². The van der Waals surface area contributed by atoms with E-state index in [0.29, 0.717) is 58.7 Å². The van der Waals surface area contributed by atoms with Crippen LogP contribution < -0.4 is 5.32 Å². The zero-order valence-corrected chi connectivity index (χ0v) is 18.7. The van der Waals surface area contributed by atoms with Crippen LogP contribution >= 0.6 is 0 Å². The summed E-state index contributed by atoms with van der Waals surface area (Å²) in [6.07, 6.45) is -4.43. The molecular weight excluding hydrogens is 459 g/mol. The Bertz CT molecular complexity index is 1380. The largest absolute Gasteiger partial charge is 0.508 e. The van der Waals surface area contributed by atoms with Crippen molar-refractivity contribution in [2.45, 2.75) is 19.1 Å². The van der Waals surface area contributed by atoms with E-state index in [9.17, 15) is 23.1 Å². The number of alkyl halides is 3. The molecule has 0 bridgehead atoms. The molecule has 10 heteroatoms. The lowest BCUT2D eigenvalue weighted by atomic mass is 9.99. The third-order valence-electron chi connectivity index (χ3n) is 6.23. The molecule has 1 atom stereocenters. The third kappa shape index (κ3) is 4.32. The van der Waals surface area contributed by atoms with Crippen molar-refractivity contribution >= 4 is 16.9 Å². The number of nitrogens with zero attached hydrogens (tertiary/aromatic N) is 3. The Morgan fingerprint density at radius 2 is 1.83 bits per heavy atom.